The third kappa shape index (κ3) is 4.99. The van der Waals surface area contributed by atoms with E-state index in [0.717, 1.165) is 5.56 Å². The van der Waals surface area contributed by atoms with Crippen LogP contribution in [0.1, 0.15) is 64.1 Å². The molecule has 0 amide bonds. The van der Waals surface area contributed by atoms with Crippen molar-refractivity contribution < 1.29 is 22.7 Å². The summed E-state index contributed by atoms with van der Waals surface area (Å²) in [5.74, 6) is 0.812. The normalized spacial score (nSPS) is 21.9. The van der Waals surface area contributed by atoms with Gasteiger partial charge in [0.15, 0.2) is 21.3 Å². The highest BCUT2D eigenvalue weighted by molar-refractivity contribution is 7.91. The van der Waals surface area contributed by atoms with Gasteiger partial charge in [-0.1, -0.05) is 44.2 Å². The molecule has 0 fully saturated rings. The van der Waals surface area contributed by atoms with Gasteiger partial charge in [-0.2, -0.15) is 0 Å². The van der Waals surface area contributed by atoms with Crippen molar-refractivity contribution in [3.63, 3.8) is 0 Å². The number of Topliss-reactive ketones (excluding diaryl/α,β-unsaturated/α-hetero) is 1. The van der Waals surface area contributed by atoms with Crippen molar-refractivity contribution >= 4 is 15.6 Å². The number of carbonyl (C=O) groups is 1. The fourth-order valence-electron chi connectivity index (χ4n) is 4.30. The van der Waals surface area contributed by atoms with Crippen LogP contribution >= 0.6 is 0 Å². The molecule has 0 saturated heterocycles. The molecule has 3 rings (SSSR count). The van der Waals surface area contributed by atoms with Crippen molar-refractivity contribution in [2.24, 2.45) is 0 Å². The van der Waals surface area contributed by atoms with Crippen molar-refractivity contribution in [1.82, 2.24) is 5.32 Å². The number of rotatable bonds is 9. The van der Waals surface area contributed by atoms with Crippen molar-refractivity contribution in [3.8, 4) is 11.5 Å². The molecule has 1 aliphatic heterocycles. The Labute approximate surface area is 191 Å². The summed E-state index contributed by atoms with van der Waals surface area (Å²) >= 11 is 0. The van der Waals surface area contributed by atoms with Crippen LogP contribution in [0.25, 0.3) is 0 Å². The first-order valence-electron chi connectivity index (χ1n) is 11.3. The molecule has 0 spiro atoms. The number of fused-ring (bicyclic) bond motifs is 1. The molecule has 1 heterocycles. The van der Waals surface area contributed by atoms with Gasteiger partial charge in [0, 0.05) is 24.4 Å². The largest absolute Gasteiger partial charge is 0.490 e. The maximum absolute atomic E-state index is 13.7. The van der Waals surface area contributed by atoms with Crippen LogP contribution in [-0.2, 0) is 14.6 Å². The van der Waals surface area contributed by atoms with Gasteiger partial charge in [0.1, 0.15) is 5.78 Å². The second-order valence-corrected chi connectivity index (χ2v) is 10.1. The first-order chi connectivity index (χ1) is 15.3. The van der Waals surface area contributed by atoms with Gasteiger partial charge in [-0.25, -0.2) is 8.42 Å². The first kappa shape index (κ1) is 24.3. The monoisotopic (exact) mass is 459 g/mol. The highest BCUT2D eigenvalue weighted by Crippen LogP contribution is 2.42. The number of hydrogen-bond acceptors (Lipinski definition) is 6. The van der Waals surface area contributed by atoms with Crippen LogP contribution in [0, 0.1) is 0 Å². The molecule has 7 heteroatoms. The van der Waals surface area contributed by atoms with E-state index in [2.05, 4.69) is 5.32 Å². The minimum Gasteiger partial charge on any atom is -0.490 e. The van der Waals surface area contributed by atoms with Crippen LogP contribution in [-0.4, -0.2) is 38.7 Å². The van der Waals surface area contributed by atoms with Crippen LogP contribution in [0.15, 0.2) is 47.4 Å². The van der Waals surface area contributed by atoms with Crippen molar-refractivity contribution in [1.29, 1.82) is 0 Å². The van der Waals surface area contributed by atoms with E-state index in [1.165, 1.54) is 0 Å². The topological polar surface area (TPSA) is 81.7 Å². The molecule has 2 atom stereocenters. The predicted octanol–water partition coefficient (Wildman–Crippen LogP) is 4.47. The number of sulfone groups is 1. The number of hydrogen-bond donors (Lipinski definition) is 1. The smallest absolute Gasteiger partial charge is 0.180 e. The van der Waals surface area contributed by atoms with E-state index >= 15 is 0 Å². The minimum absolute atomic E-state index is 0.0392. The lowest BCUT2D eigenvalue weighted by Gasteiger charge is -2.35. The number of nitrogens with one attached hydrogen (secondary N) is 1. The van der Waals surface area contributed by atoms with E-state index in [4.69, 9.17) is 9.47 Å². The standard InChI is InChI=1S/C25H33NO5S/c1-5-19(27)16-25(6-2)17-32(28,29)23-15-22(31-8-4)21(30-7-3)14-20(23)24(26-25)18-12-10-9-11-13-18/h9-15,24,26H,5-8,16-17H2,1-4H3/t24-,25-/m0/s1. The van der Waals surface area contributed by atoms with Gasteiger partial charge in [0.25, 0.3) is 0 Å². The van der Waals surface area contributed by atoms with Crippen LogP contribution in [0.3, 0.4) is 0 Å². The van der Waals surface area contributed by atoms with E-state index in [-0.39, 0.29) is 22.9 Å². The Bertz CT molecular complexity index is 1050. The highest BCUT2D eigenvalue weighted by atomic mass is 32.2. The molecule has 0 aliphatic carbocycles. The summed E-state index contributed by atoms with van der Waals surface area (Å²) in [5.41, 5.74) is 0.671. The van der Waals surface area contributed by atoms with E-state index in [1.54, 1.807) is 12.1 Å². The Hall–Kier alpha value is -2.38. The molecule has 0 radical (unpaired) electrons. The summed E-state index contributed by atoms with van der Waals surface area (Å²) in [4.78, 5) is 12.7. The molecule has 1 aliphatic rings. The summed E-state index contributed by atoms with van der Waals surface area (Å²) in [7, 11) is -3.72. The Kier molecular flexibility index (Phi) is 7.62. The van der Waals surface area contributed by atoms with Gasteiger partial charge in [-0.05, 0) is 37.5 Å². The van der Waals surface area contributed by atoms with Crippen molar-refractivity contribution in [2.45, 2.75) is 63.4 Å². The Morgan fingerprint density at radius 3 is 2.22 bits per heavy atom. The summed E-state index contributed by atoms with van der Waals surface area (Å²) in [6, 6.07) is 12.7. The lowest BCUT2D eigenvalue weighted by molar-refractivity contribution is -0.120. The average Bonchev–Trinajstić information content (AvgIpc) is 2.87. The van der Waals surface area contributed by atoms with Crippen LogP contribution in [0.4, 0.5) is 0 Å². The Morgan fingerprint density at radius 1 is 1.03 bits per heavy atom. The molecule has 32 heavy (non-hydrogen) atoms. The van der Waals surface area contributed by atoms with Crippen LogP contribution < -0.4 is 14.8 Å². The minimum atomic E-state index is -3.72. The molecular formula is C25H33NO5S. The van der Waals surface area contributed by atoms with E-state index in [0.29, 0.717) is 43.1 Å². The summed E-state index contributed by atoms with van der Waals surface area (Å²) in [6.07, 6.45) is 1.04. The fourth-order valence-corrected chi connectivity index (χ4v) is 6.39. The van der Waals surface area contributed by atoms with E-state index in [1.807, 2.05) is 58.0 Å². The maximum Gasteiger partial charge on any atom is 0.180 e. The fraction of sp³-hybridized carbons (Fsp3) is 0.480. The Balaban J connectivity index is 2.28. The van der Waals surface area contributed by atoms with Gasteiger partial charge < -0.3 is 9.47 Å². The molecule has 0 bridgehead atoms. The number of ketones is 1. The molecule has 2 aromatic rings. The number of ether oxygens (including phenoxy) is 2. The van der Waals surface area contributed by atoms with E-state index < -0.39 is 21.4 Å². The van der Waals surface area contributed by atoms with E-state index in [9.17, 15) is 13.2 Å². The summed E-state index contributed by atoms with van der Waals surface area (Å²) in [6.45, 7) is 8.29. The van der Waals surface area contributed by atoms with Gasteiger partial charge >= 0.3 is 0 Å². The van der Waals surface area contributed by atoms with Gasteiger partial charge in [0.05, 0.1) is 29.9 Å². The third-order valence-corrected chi connectivity index (χ3v) is 7.93. The zero-order valence-electron chi connectivity index (χ0n) is 19.3. The Morgan fingerprint density at radius 2 is 1.66 bits per heavy atom. The summed E-state index contributed by atoms with van der Waals surface area (Å²) in [5, 5.41) is 3.60. The zero-order chi connectivity index (χ0) is 23.4. The predicted molar refractivity (Wildman–Crippen MR) is 125 cm³/mol. The first-order valence-corrected chi connectivity index (χ1v) is 12.9. The molecule has 6 nitrogen and oxygen atoms in total. The zero-order valence-corrected chi connectivity index (χ0v) is 20.1. The average molecular weight is 460 g/mol. The molecule has 0 saturated carbocycles. The lowest BCUT2D eigenvalue weighted by atomic mass is 9.87. The number of benzene rings is 2. The molecule has 1 N–H and O–H groups in total. The SMILES string of the molecule is CCOc1cc2c(cc1OCC)S(=O)(=O)C[C@](CC)(CC(=O)CC)N[C@H]2c1ccccc1. The molecule has 2 aromatic carbocycles. The maximum atomic E-state index is 13.7. The molecule has 174 valence electrons. The lowest BCUT2D eigenvalue weighted by Crippen LogP contribution is -2.51. The second-order valence-electron chi connectivity index (χ2n) is 8.15. The van der Waals surface area contributed by atoms with Crippen molar-refractivity contribution in [3.05, 3.63) is 53.6 Å². The molecular weight excluding hydrogens is 426 g/mol. The van der Waals surface area contributed by atoms with Gasteiger partial charge in [0.2, 0.25) is 0 Å². The second kappa shape index (κ2) is 10.0. The quantitative estimate of drug-likeness (QED) is 0.596. The third-order valence-electron chi connectivity index (χ3n) is 5.98. The van der Waals surface area contributed by atoms with Crippen LogP contribution in [0.5, 0.6) is 11.5 Å². The highest BCUT2D eigenvalue weighted by Gasteiger charge is 2.43. The van der Waals surface area contributed by atoms with Gasteiger partial charge in [-0.15, -0.1) is 0 Å². The van der Waals surface area contributed by atoms with Crippen LogP contribution in [0.2, 0.25) is 0 Å². The van der Waals surface area contributed by atoms with Crippen molar-refractivity contribution in [2.75, 3.05) is 19.0 Å². The summed E-state index contributed by atoms with van der Waals surface area (Å²) < 4.78 is 38.9. The van der Waals surface area contributed by atoms with Gasteiger partial charge in [-0.3, -0.25) is 10.1 Å². The molecule has 0 aromatic heterocycles. The number of carbonyl (C=O) groups excluding carboxylic acids is 1. The molecule has 0 unspecified atom stereocenters.